The maximum Gasteiger partial charge on any atom is 0.316 e. The van der Waals surface area contributed by atoms with Gasteiger partial charge in [0.25, 0.3) is 11.3 Å². The predicted octanol–water partition coefficient (Wildman–Crippen LogP) is 2.00. The molecule has 0 atom stereocenters. The first kappa shape index (κ1) is 15.6. The van der Waals surface area contributed by atoms with E-state index in [1.54, 1.807) is 18.2 Å². The van der Waals surface area contributed by atoms with Crippen molar-refractivity contribution < 1.29 is 9.53 Å². The van der Waals surface area contributed by atoms with Gasteiger partial charge < -0.3 is 4.74 Å². The largest absolute Gasteiger partial charge is 0.468 e. The molecule has 1 N–H and O–H groups in total. The summed E-state index contributed by atoms with van der Waals surface area (Å²) in [5, 5.41) is 3.69. The first-order valence-corrected chi connectivity index (χ1v) is 7.89. The third-order valence-corrected chi connectivity index (χ3v) is 4.18. The molecule has 0 bridgehead atoms. The number of thioether (sulfide) groups is 1. The molecule has 0 aliphatic rings. The van der Waals surface area contributed by atoms with Gasteiger partial charge in [-0.25, -0.2) is 4.98 Å². The number of methoxy groups -OCH3 is 1. The maximum atomic E-state index is 12.2. The fraction of sp³-hybridized carbons (Fsp3) is 0.143. The normalized spacial score (nSPS) is 10.9. The van der Waals surface area contributed by atoms with E-state index in [2.05, 4.69) is 19.8 Å². The second-order valence-electron chi connectivity index (χ2n) is 4.49. The summed E-state index contributed by atoms with van der Waals surface area (Å²) in [5.74, 6) is -0.0880. The molecular formula is C14H11ClN4O3S. The first-order valence-electron chi connectivity index (χ1n) is 6.53. The zero-order valence-electron chi connectivity index (χ0n) is 11.9. The van der Waals surface area contributed by atoms with Gasteiger partial charge in [0, 0.05) is 16.7 Å². The number of carbonyl (C=O) groups is 1. The van der Waals surface area contributed by atoms with Crippen molar-refractivity contribution in [3.05, 3.63) is 45.7 Å². The average Bonchev–Trinajstić information content (AvgIpc) is 2.96. The Morgan fingerprint density at radius 3 is 2.91 bits per heavy atom. The van der Waals surface area contributed by atoms with Crippen LogP contribution in [0, 0.1) is 0 Å². The van der Waals surface area contributed by atoms with Crippen LogP contribution < -0.4 is 5.56 Å². The third-order valence-electron chi connectivity index (χ3n) is 3.01. The van der Waals surface area contributed by atoms with Crippen LogP contribution in [0.1, 0.15) is 0 Å². The van der Waals surface area contributed by atoms with Gasteiger partial charge in [-0.2, -0.15) is 9.50 Å². The number of aromatic amines is 1. The van der Waals surface area contributed by atoms with Crippen molar-refractivity contribution in [2.75, 3.05) is 12.9 Å². The molecular weight excluding hydrogens is 340 g/mol. The highest BCUT2D eigenvalue weighted by atomic mass is 35.5. The molecule has 3 rings (SSSR count). The van der Waals surface area contributed by atoms with Crippen LogP contribution in [-0.2, 0) is 9.53 Å². The maximum absolute atomic E-state index is 12.2. The van der Waals surface area contributed by atoms with E-state index in [4.69, 9.17) is 11.6 Å². The molecule has 0 fully saturated rings. The average molecular weight is 351 g/mol. The first-order chi connectivity index (χ1) is 11.1. The van der Waals surface area contributed by atoms with Gasteiger partial charge in [0.2, 0.25) is 0 Å². The molecule has 23 heavy (non-hydrogen) atoms. The van der Waals surface area contributed by atoms with Crippen molar-refractivity contribution in [2.45, 2.75) is 5.16 Å². The number of aromatic nitrogens is 4. The molecule has 0 saturated heterocycles. The second-order valence-corrected chi connectivity index (χ2v) is 5.86. The molecule has 2 aromatic heterocycles. The highest BCUT2D eigenvalue weighted by Gasteiger charge is 2.12. The molecule has 0 aliphatic heterocycles. The lowest BCUT2D eigenvalue weighted by molar-refractivity contribution is -0.137. The summed E-state index contributed by atoms with van der Waals surface area (Å²) in [6, 6.07) is 8.49. The Labute approximate surface area is 139 Å². The summed E-state index contributed by atoms with van der Waals surface area (Å²) in [6.45, 7) is 0. The van der Waals surface area contributed by atoms with Gasteiger partial charge in [-0.15, -0.1) is 0 Å². The molecule has 1 aromatic carbocycles. The summed E-state index contributed by atoms with van der Waals surface area (Å²) < 4.78 is 5.77. The van der Waals surface area contributed by atoms with Gasteiger partial charge in [0.05, 0.1) is 18.6 Å². The lowest BCUT2D eigenvalue weighted by Gasteiger charge is -2.02. The molecule has 0 radical (unpaired) electrons. The van der Waals surface area contributed by atoms with Crippen molar-refractivity contribution in [3.63, 3.8) is 0 Å². The monoisotopic (exact) mass is 350 g/mol. The lowest BCUT2D eigenvalue weighted by atomic mass is 10.1. The number of hydrogen-bond donors (Lipinski definition) is 1. The van der Waals surface area contributed by atoms with E-state index < -0.39 is 0 Å². The second kappa shape index (κ2) is 6.43. The van der Waals surface area contributed by atoms with Crippen molar-refractivity contribution in [3.8, 4) is 11.3 Å². The zero-order valence-corrected chi connectivity index (χ0v) is 13.5. The number of esters is 1. The highest BCUT2D eigenvalue weighted by molar-refractivity contribution is 7.99. The van der Waals surface area contributed by atoms with Crippen LogP contribution in [0.5, 0.6) is 0 Å². The number of H-pyrrole nitrogens is 1. The standard InChI is InChI=1S/C14H11ClN4O3S/c1-22-12(21)7-23-14-17-13-16-10(6-11(20)19(13)18-14)8-4-2-3-5-9(8)15/h2-6H,7H2,1H3,(H,16,17,18). The molecule has 0 amide bonds. The van der Waals surface area contributed by atoms with E-state index in [1.165, 1.54) is 17.7 Å². The van der Waals surface area contributed by atoms with Gasteiger partial charge in [0.15, 0.2) is 5.16 Å². The molecule has 0 saturated carbocycles. The van der Waals surface area contributed by atoms with Crippen molar-refractivity contribution in [2.24, 2.45) is 0 Å². The Morgan fingerprint density at radius 2 is 2.17 bits per heavy atom. The van der Waals surface area contributed by atoms with Crippen molar-refractivity contribution in [1.29, 1.82) is 0 Å². The number of hydrogen-bond acceptors (Lipinski definition) is 6. The molecule has 3 aromatic rings. The summed E-state index contributed by atoms with van der Waals surface area (Å²) in [6.07, 6.45) is 0. The third kappa shape index (κ3) is 3.22. The quantitative estimate of drug-likeness (QED) is 0.572. The van der Waals surface area contributed by atoms with Crippen LogP contribution in [0.3, 0.4) is 0 Å². The lowest BCUT2D eigenvalue weighted by Crippen LogP contribution is -2.14. The number of rotatable bonds is 4. The Hall–Kier alpha value is -2.32. The Morgan fingerprint density at radius 1 is 1.39 bits per heavy atom. The van der Waals surface area contributed by atoms with E-state index in [0.29, 0.717) is 21.4 Å². The number of ether oxygens (including phenoxy) is 1. The zero-order chi connectivity index (χ0) is 16.4. The van der Waals surface area contributed by atoms with Gasteiger partial charge in [-0.1, -0.05) is 41.6 Å². The molecule has 2 heterocycles. The van der Waals surface area contributed by atoms with Crippen LogP contribution in [0.25, 0.3) is 17.0 Å². The van der Waals surface area contributed by atoms with Gasteiger partial charge >= 0.3 is 5.97 Å². The summed E-state index contributed by atoms with van der Waals surface area (Å²) in [5.41, 5.74) is 0.777. The van der Waals surface area contributed by atoms with Crippen molar-refractivity contribution in [1.82, 2.24) is 19.6 Å². The minimum Gasteiger partial charge on any atom is -0.468 e. The van der Waals surface area contributed by atoms with E-state index in [-0.39, 0.29) is 23.1 Å². The SMILES string of the molecule is COC(=O)CSc1nc2nc(-c3ccccc3Cl)cc(=O)n2[nH]1. The topological polar surface area (TPSA) is 89.3 Å². The van der Waals surface area contributed by atoms with Crippen LogP contribution in [0.4, 0.5) is 0 Å². The molecule has 0 spiro atoms. The van der Waals surface area contributed by atoms with Gasteiger partial charge in [0.1, 0.15) is 0 Å². The van der Waals surface area contributed by atoms with E-state index in [1.807, 2.05) is 6.07 Å². The molecule has 0 unspecified atom stereocenters. The number of benzene rings is 1. The Balaban J connectivity index is 2.00. The minimum atomic E-state index is -0.382. The number of carbonyl (C=O) groups excluding carboxylic acids is 1. The highest BCUT2D eigenvalue weighted by Crippen LogP contribution is 2.25. The van der Waals surface area contributed by atoms with E-state index in [9.17, 15) is 9.59 Å². The summed E-state index contributed by atoms with van der Waals surface area (Å²) in [4.78, 5) is 31.9. The molecule has 9 heteroatoms. The van der Waals surface area contributed by atoms with Crippen LogP contribution >= 0.6 is 23.4 Å². The Kier molecular flexibility index (Phi) is 4.35. The van der Waals surface area contributed by atoms with Crippen LogP contribution in [-0.4, -0.2) is 38.4 Å². The molecule has 7 nitrogen and oxygen atoms in total. The summed E-state index contributed by atoms with van der Waals surface area (Å²) in [7, 11) is 1.31. The Bertz CT molecular complexity index is 937. The smallest absolute Gasteiger partial charge is 0.316 e. The number of fused-ring (bicyclic) bond motifs is 1. The number of nitrogens with zero attached hydrogens (tertiary/aromatic N) is 3. The van der Waals surface area contributed by atoms with E-state index >= 15 is 0 Å². The fourth-order valence-electron chi connectivity index (χ4n) is 1.92. The molecule has 0 aliphatic carbocycles. The van der Waals surface area contributed by atoms with Crippen molar-refractivity contribution >= 4 is 35.1 Å². The minimum absolute atomic E-state index is 0.0858. The van der Waals surface area contributed by atoms with Gasteiger partial charge in [-0.3, -0.25) is 14.7 Å². The van der Waals surface area contributed by atoms with Gasteiger partial charge in [-0.05, 0) is 6.07 Å². The van der Waals surface area contributed by atoms with Crippen LogP contribution in [0.15, 0.2) is 40.3 Å². The fourth-order valence-corrected chi connectivity index (χ4v) is 2.83. The van der Waals surface area contributed by atoms with E-state index in [0.717, 1.165) is 11.8 Å². The van der Waals surface area contributed by atoms with Crippen LogP contribution in [0.2, 0.25) is 5.02 Å². The predicted molar refractivity (Wildman–Crippen MR) is 86.8 cm³/mol. The molecule has 118 valence electrons. The number of halogens is 1. The summed E-state index contributed by atoms with van der Waals surface area (Å²) >= 11 is 7.26. The number of nitrogens with one attached hydrogen (secondary N) is 1.